The third kappa shape index (κ3) is 6.96. The molecule has 0 unspecified atom stereocenters. The molecule has 0 bridgehead atoms. The molecule has 19 heavy (non-hydrogen) atoms. The highest BCUT2D eigenvalue weighted by atomic mass is 16.5. The van der Waals surface area contributed by atoms with Gasteiger partial charge in [0.25, 0.3) is 0 Å². The molecule has 0 atom stereocenters. The SMILES string of the molecule is CCNc1cc(NCCOCCC(C)C)nc(C)n1. The lowest BCUT2D eigenvalue weighted by Crippen LogP contribution is -2.13. The molecular weight excluding hydrogens is 240 g/mol. The summed E-state index contributed by atoms with van der Waals surface area (Å²) in [6.07, 6.45) is 1.11. The molecule has 0 amide bonds. The number of aromatic nitrogens is 2. The largest absolute Gasteiger partial charge is 0.380 e. The van der Waals surface area contributed by atoms with Crippen LogP contribution in [0.2, 0.25) is 0 Å². The minimum absolute atomic E-state index is 0.695. The topological polar surface area (TPSA) is 59.1 Å². The highest BCUT2D eigenvalue weighted by Crippen LogP contribution is 2.10. The van der Waals surface area contributed by atoms with Crippen molar-refractivity contribution in [3.63, 3.8) is 0 Å². The summed E-state index contributed by atoms with van der Waals surface area (Å²) < 4.78 is 5.55. The second kappa shape index (κ2) is 8.69. The fourth-order valence-corrected chi connectivity index (χ4v) is 1.60. The fourth-order valence-electron chi connectivity index (χ4n) is 1.60. The number of ether oxygens (including phenoxy) is 1. The van der Waals surface area contributed by atoms with Gasteiger partial charge in [-0.1, -0.05) is 13.8 Å². The van der Waals surface area contributed by atoms with E-state index in [2.05, 4.69) is 34.4 Å². The number of rotatable bonds is 9. The van der Waals surface area contributed by atoms with Gasteiger partial charge in [0.1, 0.15) is 17.5 Å². The third-order valence-corrected chi connectivity index (χ3v) is 2.59. The summed E-state index contributed by atoms with van der Waals surface area (Å²) >= 11 is 0. The van der Waals surface area contributed by atoms with Gasteiger partial charge in [0.15, 0.2) is 0 Å². The molecule has 0 aliphatic rings. The maximum atomic E-state index is 5.55. The van der Waals surface area contributed by atoms with Gasteiger partial charge in [-0.05, 0) is 26.2 Å². The van der Waals surface area contributed by atoms with Gasteiger partial charge in [-0.15, -0.1) is 0 Å². The number of hydrogen-bond acceptors (Lipinski definition) is 5. The standard InChI is InChI=1S/C14H26N4O/c1-5-15-13-10-14(18-12(4)17-13)16-7-9-19-8-6-11(2)3/h10-11H,5-9H2,1-4H3,(H2,15,16,17,18). The van der Waals surface area contributed by atoms with E-state index >= 15 is 0 Å². The molecule has 0 aliphatic heterocycles. The first-order valence-corrected chi connectivity index (χ1v) is 7.03. The summed E-state index contributed by atoms with van der Waals surface area (Å²) in [5.41, 5.74) is 0. The van der Waals surface area contributed by atoms with Crippen LogP contribution in [0.3, 0.4) is 0 Å². The Morgan fingerprint density at radius 3 is 2.47 bits per heavy atom. The zero-order chi connectivity index (χ0) is 14.1. The second-order valence-corrected chi connectivity index (χ2v) is 4.94. The lowest BCUT2D eigenvalue weighted by atomic mass is 10.1. The van der Waals surface area contributed by atoms with E-state index in [9.17, 15) is 0 Å². The van der Waals surface area contributed by atoms with Crippen molar-refractivity contribution in [3.8, 4) is 0 Å². The molecule has 0 fully saturated rings. The van der Waals surface area contributed by atoms with Gasteiger partial charge in [0.2, 0.25) is 0 Å². The van der Waals surface area contributed by atoms with Gasteiger partial charge in [-0.3, -0.25) is 0 Å². The molecule has 108 valence electrons. The van der Waals surface area contributed by atoms with Crippen molar-refractivity contribution in [2.45, 2.75) is 34.1 Å². The first kappa shape index (κ1) is 15.7. The highest BCUT2D eigenvalue weighted by molar-refractivity contribution is 5.47. The zero-order valence-electron chi connectivity index (χ0n) is 12.5. The van der Waals surface area contributed by atoms with Crippen LogP contribution in [0.4, 0.5) is 11.6 Å². The summed E-state index contributed by atoms with van der Waals surface area (Å²) in [4.78, 5) is 8.65. The molecule has 1 heterocycles. The molecular formula is C14H26N4O. The van der Waals surface area contributed by atoms with Crippen LogP contribution in [0, 0.1) is 12.8 Å². The summed E-state index contributed by atoms with van der Waals surface area (Å²) in [5.74, 6) is 3.16. The minimum Gasteiger partial charge on any atom is -0.380 e. The van der Waals surface area contributed by atoms with Crippen LogP contribution in [0.15, 0.2) is 6.07 Å². The first-order chi connectivity index (χ1) is 9.11. The summed E-state index contributed by atoms with van der Waals surface area (Å²) in [6, 6.07) is 1.92. The average Bonchev–Trinajstić information content (AvgIpc) is 2.33. The third-order valence-electron chi connectivity index (χ3n) is 2.59. The normalized spacial score (nSPS) is 10.8. The van der Waals surface area contributed by atoms with Crippen molar-refractivity contribution in [3.05, 3.63) is 11.9 Å². The van der Waals surface area contributed by atoms with Crippen molar-refractivity contribution >= 4 is 11.6 Å². The molecule has 0 aliphatic carbocycles. The lowest BCUT2D eigenvalue weighted by Gasteiger charge is -2.10. The van der Waals surface area contributed by atoms with E-state index in [4.69, 9.17) is 4.74 Å². The smallest absolute Gasteiger partial charge is 0.131 e. The molecule has 0 saturated carbocycles. The van der Waals surface area contributed by atoms with E-state index in [1.54, 1.807) is 0 Å². The van der Waals surface area contributed by atoms with Crippen LogP contribution in [-0.4, -0.2) is 36.3 Å². The predicted octanol–water partition coefficient (Wildman–Crippen LogP) is 2.69. The van der Waals surface area contributed by atoms with E-state index in [-0.39, 0.29) is 0 Å². The first-order valence-electron chi connectivity index (χ1n) is 7.03. The molecule has 0 aromatic carbocycles. The monoisotopic (exact) mass is 266 g/mol. The molecule has 0 radical (unpaired) electrons. The Balaban J connectivity index is 2.28. The predicted molar refractivity (Wildman–Crippen MR) is 79.7 cm³/mol. The maximum Gasteiger partial charge on any atom is 0.131 e. The number of nitrogens with one attached hydrogen (secondary N) is 2. The van der Waals surface area contributed by atoms with Gasteiger partial charge in [-0.2, -0.15) is 0 Å². The van der Waals surface area contributed by atoms with Crippen molar-refractivity contribution in [1.82, 2.24) is 9.97 Å². The van der Waals surface area contributed by atoms with Crippen molar-refractivity contribution in [2.24, 2.45) is 5.92 Å². The van der Waals surface area contributed by atoms with Crippen LogP contribution < -0.4 is 10.6 Å². The molecule has 1 aromatic heterocycles. The Labute approximate surface area is 116 Å². The van der Waals surface area contributed by atoms with E-state index in [0.29, 0.717) is 12.5 Å². The van der Waals surface area contributed by atoms with Crippen molar-refractivity contribution < 1.29 is 4.74 Å². The lowest BCUT2D eigenvalue weighted by molar-refractivity contribution is 0.132. The van der Waals surface area contributed by atoms with Gasteiger partial charge >= 0.3 is 0 Å². The number of hydrogen-bond donors (Lipinski definition) is 2. The van der Waals surface area contributed by atoms with Crippen LogP contribution in [0.25, 0.3) is 0 Å². The quantitative estimate of drug-likeness (QED) is 0.673. The molecule has 0 spiro atoms. The van der Waals surface area contributed by atoms with Crippen LogP contribution in [0.1, 0.15) is 33.0 Å². The summed E-state index contributed by atoms with van der Waals surface area (Å²) in [7, 11) is 0. The molecule has 1 rings (SSSR count). The van der Waals surface area contributed by atoms with Crippen LogP contribution >= 0.6 is 0 Å². The molecule has 0 saturated heterocycles. The van der Waals surface area contributed by atoms with Crippen LogP contribution in [0.5, 0.6) is 0 Å². The van der Waals surface area contributed by atoms with Gasteiger partial charge in [0, 0.05) is 25.8 Å². The van der Waals surface area contributed by atoms with E-state index < -0.39 is 0 Å². The summed E-state index contributed by atoms with van der Waals surface area (Å²) in [6.45, 7) is 11.5. The molecule has 1 aromatic rings. The Morgan fingerprint density at radius 2 is 1.84 bits per heavy atom. The number of nitrogens with zero attached hydrogens (tertiary/aromatic N) is 2. The van der Waals surface area contributed by atoms with E-state index in [1.807, 2.05) is 19.9 Å². The Hall–Kier alpha value is -1.36. The molecule has 5 heteroatoms. The number of anilines is 2. The Bertz CT molecular complexity index is 368. The fraction of sp³-hybridized carbons (Fsp3) is 0.714. The van der Waals surface area contributed by atoms with E-state index in [0.717, 1.165) is 43.6 Å². The van der Waals surface area contributed by atoms with Crippen molar-refractivity contribution in [1.29, 1.82) is 0 Å². The van der Waals surface area contributed by atoms with Gasteiger partial charge in [-0.25, -0.2) is 9.97 Å². The molecule has 2 N–H and O–H groups in total. The zero-order valence-corrected chi connectivity index (χ0v) is 12.5. The maximum absolute atomic E-state index is 5.55. The number of aryl methyl sites for hydroxylation is 1. The van der Waals surface area contributed by atoms with E-state index in [1.165, 1.54) is 0 Å². The van der Waals surface area contributed by atoms with Gasteiger partial charge in [0.05, 0.1) is 6.61 Å². The van der Waals surface area contributed by atoms with Crippen molar-refractivity contribution in [2.75, 3.05) is 36.9 Å². The average molecular weight is 266 g/mol. The Kier molecular flexibility index (Phi) is 7.18. The summed E-state index contributed by atoms with van der Waals surface area (Å²) in [5, 5.41) is 6.45. The second-order valence-electron chi connectivity index (χ2n) is 4.94. The molecule has 5 nitrogen and oxygen atoms in total. The highest BCUT2D eigenvalue weighted by Gasteiger charge is 2.00. The van der Waals surface area contributed by atoms with Gasteiger partial charge < -0.3 is 15.4 Å². The van der Waals surface area contributed by atoms with Crippen LogP contribution in [-0.2, 0) is 4.74 Å². The minimum atomic E-state index is 0.695. The Morgan fingerprint density at radius 1 is 1.16 bits per heavy atom.